The van der Waals surface area contributed by atoms with E-state index in [0.29, 0.717) is 24.3 Å². The minimum atomic E-state index is -0.683. The van der Waals surface area contributed by atoms with Crippen LogP contribution in [0.5, 0.6) is 0 Å². The molecule has 3 aliphatic carbocycles. The number of rotatable bonds is 11. The van der Waals surface area contributed by atoms with Crippen LogP contribution in [0.3, 0.4) is 0 Å². The van der Waals surface area contributed by atoms with Gasteiger partial charge in [-0.3, -0.25) is 9.59 Å². The molecule has 14 nitrogen and oxygen atoms in total. The average Bonchev–Trinajstić information content (AvgIpc) is 4.01. The van der Waals surface area contributed by atoms with E-state index in [4.69, 9.17) is 19.4 Å². The Kier molecular flexibility index (Phi) is 10.4. The van der Waals surface area contributed by atoms with Gasteiger partial charge in [0, 0.05) is 18.2 Å². The molecule has 4 unspecified atom stereocenters. The number of carbonyl (C=O) groups is 4. The second-order valence-electron chi connectivity index (χ2n) is 18.1. The molecule has 2 saturated heterocycles. The van der Waals surface area contributed by atoms with Crippen molar-refractivity contribution in [2.45, 2.75) is 115 Å². The Morgan fingerprint density at radius 2 is 1.25 bits per heavy atom. The zero-order chi connectivity index (χ0) is 42.0. The van der Waals surface area contributed by atoms with Crippen molar-refractivity contribution in [2.75, 3.05) is 20.8 Å². The quantitative estimate of drug-likeness (QED) is 0.120. The van der Waals surface area contributed by atoms with Crippen LogP contribution in [0.15, 0.2) is 48.8 Å². The summed E-state index contributed by atoms with van der Waals surface area (Å²) in [6.07, 6.45) is 9.57. The van der Waals surface area contributed by atoms with Gasteiger partial charge in [-0.1, -0.05) is 64.1 Å². The van der Waals surface area contributed by atoms with Crippen LogP contribution in [-0.2, 0) is 19.1 Å². The lowest BCUT2D eigenvalue weighted by Gasteiger charge is -2.31. The first-order valence-corrected chi connectivity index (χ1v) is 21.6. The highest BCUT2D eigenvalue weighted by Crippen LogP contribution is 2.58. The maximum absolute atomic E-state index is 13.9. The number of amides is 4. The van der Waals surface area contributed by atoms with Crippen LogP contribution in [0.4, 0.5) is 9.59 Å². The first-order valence-electron chi connectivity index (χ1n) is 21.6. The molecule has 2 aromatic carbocycles. The number of benzene rings is 2. The van der Waals surface area contributed by atoms with Gasteiger partial charge in [-0.05, 0) is 102 Å². The number of aromatic nitrogens is 4. The number of ether oxygens (including phenoxy) is 2. The molecule has 4 fully saturated rings. The molecule has 316 valence electrons. The highest BCUT2D eigenvalue weighted by atomic mass is 16.5. The number of methoxy groups -OCH3 is 2. The maximum Gasteiger partial charge on any atom is 0.407 e. The zero-order valence-electron chi connectivity index (χ0n) is 35.3. The molecule has 2 aromatic heterocycles. The molecule has 4 aromatic rings. The van der Waals surface area contributed by atoms with Crippen molar-refractivity contribution in [3.63, 3.8) is 0 Å². The van der Waals surface area contributed by atoms with E-state index in [2.05, 4.69) is 57.0 Å². The number of imidazole rings is 2. The van der Waals surface area contributed by atoms with Gasteiger partial charge in [0.05, 0.1) is 50.1 Å². The van der Waals surface area contributed by atoms with Crippen LogP contribution < -0.4 is 10.6 Å². The van der Waals surface area contributed by atoms with Crippen molar-refractivity contribution >= 4 is 24.0 Å². The molecular formula is C46H56N8O6. The summed E-state index contributed by atoms with van der Waals surface area (Å²) in [6.45, 7) is 8.31. The fourth-order valence-electron chi connectivity index (χ4n) is 10.7. The molecule has 2 aliphatic heterocycles. The number of nitrogens with zero attached hydrogens (tertiary/aromatic N) is 4. The predicted molar refractivity (Wildman–Crippen MR) is 224 cm³/mol. The summed E-state index contributed by atoms with van der Waals surface area (Å²) in [5.41, 5.74) is 9.36. The number of H-pyrrole nitrogens is 2. The fourth-order valence-corrected chi connectivity index (χ4v) is 10.7. The smallest absolute Gasteiger partial charge is 0.407 e. The van der Waals surface area contributed by atoms with Crippen LogP contribution in [0.1, 0.15) is 119 Å². The minimum Gasteiger partial charge on any atom is -0.453 e. The average molecular weight is 817 g/mol. The van der Waals surface area contributed by atoms with Gasteiger partial charge in [0.1, 0.15) is 23.7 Å². The van der Waals surface area contributed by atoms with Crippen LogP contribution in [0, 0.1) is 17.8 Å². The SMILES string of the molecule is COC(=O)N[C@H](C(=O)N1CCC[C@H]1c1ncc(-c2ccc(-c3ccc(-c4cnc([C@@H]5CC6CC6N5C(=O)[C@@H](NC(=O)OC)C(C)C)[nH]4)cc3)c3c2C2CCC3C2)[nH]1)C(C)C. The Labute approximate surface area is 350 Å². The first-order chi connectivity index (χ1) is 28.9. The van der Waals surface area contributed by atoms with E-state index in [-0.39, 0.29) is 41.8 Å². The summed E-state index contributed by atoms with van der Waals surface area (Å²) in [7, 11) is 2.62. The van der Waals surface area contributed by atoms with E-state index in [1.54, 1.807) is 0 Å². The van der Waals surface area contributed by atoms with E-state index in [0.717, 1.165) is 60.7 Å². The molecule has 0 radical (unpaired) electrons. The van der Waals surface area contributed by atoms with Crippen molar-refractivity contribution in [3.05, 3.63) is 71.6 Å². The maximum atomic E-state index is 13.9. The summed E-state index contributed by atoms with van der Waals surface area (Å²) in [6, 6.07) is 11.6. The summed E-state index contributed by atoms with van der Waals surface area (Å²) >= 11 is 0. The third-order valence-electron chi connectivity index (χ3n) is 13.8. The monoisotopic (exact) mass is 816 g/mol. The van der Waals surface area contributed by atoms with Crippen molar-refractivity contribution in [1.82, 2.24) is 40.4 Å². The number of fused-ring (bicyclic) bond motifs is 6. The number of likely N-dealkylation sites (tertiary alicyclic amines) is 2. The van der Waals surface area contributed by atoms with Crippen molar-refractivity contribution in [1.29, 1.82) is 0 Å². The van der Waals surface area contributed by atoms with Crippen LogP contribution in [-0.4, -0.2) is 92.6 Å². The summed E-state index contributed by atoms with van der Waals surface area (Å²) in [5.74, 6) is 2.59. The van der Waals surface area contributed by atoms with Crippen molar-refractivity contribution in [3.8, 4) is 33.6 Å². The molecule has 4 N–H and O–H groups in total. The Bertz CT molecular complexity index is 2300. The molecule has 2 bridgehead atoms. The second-order valence-corrected chi connectivity index (χ2v) is 18.1. The van der Waals surface area contributed by atoms with Gasteiger partial charge in [-0.15, -0.1) is 0 Å². The Morgan fingerprint density at radius 1 is 0.683 bits per heavy atom. The first kappa shape index (κ1) is 39.8. The number of piperidine rings is 1. The lowest BCUT2D eigenvalue weighted by atomic mass is 9.82. The molecule has 2 saturated carbocycles. The highest BCUT2D eigenvalue weighted by Gasteiger charge is 2.56. The number of aromatic amines is 2. The number of carbonyl (C=O) groups excluding carboxylic acids is 4. The van der Waals surface area contributed by atoms with E-state index in [1.165, 1.54) is 54.9 Å². The Balaban J connectivity index is 0.942. The van der Waals surface area contributed by atoms with E-state index in [1.807, 2.05) is 49.9 Å². The van der Waals surface area contributed by atoms with Crippen molar-refractivity contribution < 1.29 is 28.7 Å². The van der Waals surface area contributed by atoms with E-state index < -0.39 is 24.3 Å². The summed E-state index contributed by atoms with van der Waals surface area (Å²) < 4.78 is 9.63. The highest BCUT2D eigenvalue weighted by molar-refractivity contribution is 5.88. The van der Waals surface area contributed by atoms with E-state index in [9.17, 15) is 19.2 Å². The van der Waals surface area contributed by atoms with E-state index >= 15 is 0 Å². The van der Waals surface area contributed by atoms with Crippen LogP contribution >= 0.6 is 0 Å². The predicted octanol–water partition coefficient (Wildman–Crippen LogP) is 7.59. The number of nitrogens with one attached hydrogen (secondary N) is 4. The topological polar surface area (TPSA) is 175 Å². The molecule has 0 spiro atoms. The molecular weight excluding hydrogens is 761 g/mol. The molecule has 5 aliphatic rings. The second kappa shape index (κ2) is 15.7. The Hall–Kier alpha value is -5.66. The van der Waals surface area contributed by atoms with Gasteiger partial charge in [0.15, 0.2) is 0 Å². The third-order valence-corrected chi connectivity index (χ3v) is 13.8. The molecule has 4 heterocycles. The van der Waals surface area contributed by atoms with Gasteiger partial charge in [0.2, 0.25) is 11.8 Å². The van der Waals surface area contributed by atoms with Gasteiger partial charge in [-0.25, -0.2) is 19.6 Å². The van der Waals surface area contributed by atoms with Gasteiger partial charge < -0.3 is 39.9 Å². The molecule has 14 heteroatoms. The Morgan fingerprint density at radius 3 is 1.90 bits per heavy atom. The standard InChI is InChI=1S/C46H56N8O6/c1-23(2)39(51-45(57)59-5)43(55)53-17-7-8-34(53)41-48-22-33(50-41)31-16-15-30(37-27-13-14-28(18-27)38(31)37)25-9-11-26(12-10-25)32-21-47-42(49-32)36-20-29-19-35(29)54(36)44(56)40(24(3)4)52-46(58)60-6/h9-12,15-16,21-24,27-29,34-36,39-40H,7-8,13-14,17-20H2,1-6H3,(H,47,49)(H,48,50)(H,51,57)(H,52,58)/t27?,28?,29?,34-,35?,36-,39-,40-/m0/s1. The number of alkyl carbamates (subject to hydrolysis) is 2. The lowest BCUT2D eigenvalue weighted by Crippen LogP contribution is -2.52. The van der Waals surface area contributed by atoms with Gasteiger partial charge in [-0.2, -0.15) is 0 Å². The van der Waals surface area contributed by atoms with Gasteiger partial charge in [0.25, 0.3) is 0 Å². The molecule has 9 rings (SSSR count). The fraction of sp³-hybridized carbons (Fsp3) is 0.522. The van der Waals surface area contributed by atoms with Gasteiger partial charge >= 0.3 is 12.2 Å². The zero-order valence-corrected chi connectivity index (χ0v) is 35.3. The normalized spacial score (nSPS) is 24.7. The van der Waals surface area contributed by atoms with Crippen LogP contribution in [0.25, 0.3) is 33.6 Å². The lowest BCUT2D eigenvalue weighted by molar-refractivity contribution is -0.137. The third kappa shape index (κ3) is 7.00. The largest absolute Gasteiger partial charge is 0.453 e. The molecule has 4 amide bonds. The number of hydrogen-bond donors (Lipinski definition) is 4. The molecule has 60 heavy (non-hydrogen) atoms. The van der Waals surface area contributed by atoms with Crippen molar-refractivity contribution in [2.24, 2.45) is 17.8 Å². The summed E-state index contributed by atoms with van der Waals surface area (Å²) in [4.78, 5) is 72.5. The molecule has 8 atom stereocenters. The van der Waals surface area contributed by atoms with Crippen LogP contribution in [0.2, 0.25) is 0 Å². The summed E-state index contributed by atoms with van der Waals surface area (Å²) in [5, 5.41) is 5.49. The number of hydrogen-bond acceptors (Lipinski definition) is 8. The minimum absolute atomic E-state index is 0.0912.